The predicted molar refractivity (Wildman–Crippen MR) is 91.9 cm³/mol. The summed E-state index contributed by atoms with van der Waals surface area (Å²) in [6.45, 7) is 2.70. The SMILES string of the molecule is Cc1c(CNc2ncnc3c2cnn3-c2ccccc2)cnn1C. The van der Waals surface area contributed by atoms with Gasteiger partial charge in [-0.15, -0.1) is 0 Å². The molecule has 0 aliphatic carbocycles. The molecule has 1 N–H and O–H groups in total. The summed E-state index contributed by atoms with van der Waals surface area (Å²) in [4.78, 5) is 8.75. The molecule has 3 aromatic heterocycles. The lowest BCUT2D eigenvalue weighted by atomic mass is 10.2. The molecule has 4 aromatic rings. The van der Waals surface area contributed by atoms with Crippen molar-refractivity contribution in [1.82, 2.24) is 29.5 Å². The zero-order valence-electron chi connectivity index (χ0n) is 13.5. The van der Waals surface area contributed by atoms with Crippen molar-refractivity contribution >= 4 is 16.9 Å². The molecule has 1 aromatic carbocycles. The summed E-state index contributed by atoms with van der Waals surface area (Å²) in [5.74, 6) is 0.769. The summed E-state index contributed by atoms with van der Waals surface area (Å²) in [5.41, 5.74) is 4.02. The second-order valence-electron chi connectivity index (χ2n) is 5.58. The first-order chi connectivity index (χ1) is 11.7. The molecule has 0 aliphatic heterocycles. The van der Waals surface area contributed by atoms with Crippen LogP contribution in [0.3, 0.4) is 0 Å². The molecule has 0 fully saturated rings. The molecule has 0 saturated carbocycles. The van der Waals surface area contributed by atoms with Gasteiger partial charge in [0.05, 0.1) is 23.5 Å². The van der Waals surface area contributed by atoms with Crippen molar-refractivity contribution in [2.75, 3.05) is 5.32 Å². The normalized spacial score (nSPS) is 11.1. The van der Waals surface area contributed by atoms with Crippen LogP contribution in [0.4, 0.5) is 5.82 Å². The highest BCUT2D eigenvalue weighted by Crippen LogP contribution is 2.22. The van der Waals surface area contributed by atoms with Gasteiger partial charge in [-0.05, 0) is 19.1 Å². The Bertz CT molecular complexity index is 985. The topological polar surface area (TPSA) is 73.5 Å². The van der Waals surface area contributed by atoms with Gasteiger partial charge in [-0.25, -0.2) is 14.6 Å². The molecule has 0 spiro atoms. The van der Waals surface area contributed by atoms with E-state index in [-0.39, 0.29) is 0 Å². The fraction of sp³-hybridized carbons (Fsp3) is 0.176. The summed E-state index contributed by atoms with van der Waals surface area (Å²) < 4.78 is 3.68. The number of benzene rings is 1. The Hall–Kier alpha value is -3.22. The van der Waals surface area contributed by atoms with Gasteiger partial charge in [-0.1, -0.05) is 18.2 Å². The van der Waals surface area contributed by atoms with Crippen molar-refractivity contribution in [2.24, 2.45) is 7.05 Å². The number of anilines is 1. The molecule has 3 heterocycles. The lowest BCUT2D eigenvalue weighted by Gasteiger charge is -2.07. The number of nitrogens with zero attached hydrogens (tertiary/aromatic N) is 6. The Labute approximate surface area is 139 Å². The smallest absolute Gasteiger partial charge is 0.168 e. The van der Waals surface area contributed by atoms with E-state index in [1.807, 2.05) is 59.9 Å². The fourth-order valence-corrected chi connectivity index (χ4v) is 2.64. The maximum atomic E-state index is 4.46. The zero-order chi connectivity index (χ0) is 16.5. The average molecular weight is 319 g/mol. The molecule has 7 nitrogen and oxygen atoms in total. The van der Waals surface area contributed by atoms with Crippen molar-refractivity contribution in [1.29, 1.82) is 0 Å². The third-order valence-corrected chi connectivity index (χ3v) is 4.15. The molecule has 120 valence electrons. The van der Waals surface area contributed by atoms with Crippen LogP contribution in [0, 0.1) is 6.92 Å². The molecule has 0 aliphatic rings. The molecule has 0 saturated heterocycles. The highest BCUT2D eigenvalue weighted by molar-refractivity contribution is 5.87. The second-order valence-corrected chi connectivity index (χ2v) is 5.58. The predicted octanol–water partition coefficient (Wildman–Crippen LogP) is 2.47. The van der Waals surface area contributed by atoms with Gasteiger partial charge in [-0.2, -0.15) is 10.2 Å². The number of nitrogens with one attached hydrogen (secondary N) is 1. The third-order valence-electron chi connectivity index (χ3n) is 4.15. The standard InChI is InChI=1S/C17H17N7/c1-12-13(9-21-23(12)2)8-18-16-15-10-22-24(17(15)20-11-19-16)14-6-4-3-5-7-14/h3-7,9-11H,8H2,1-2H3,(H,18,19,20). The first-order valence-electron chi connectivity index (χ1n) is 7.69. The number of aryl methyl sites for hydroxylation is 1. The number of rotatable bonds is 4. The van der Waals surface area contributed by atoms with E-state index < -0.39 is 0 Å². The second kappa shape index (κ2) is 5.77. The van der Waals surface area contributed by atoms with E-state index in [2.05, 4.69) is 25.5 Å². The van der Waals surface area contributed by atoms with Gasteiger partial charge in [-0.3, -0.25) is 4.68 Å². The first-order valence-corrected chi connectivity index (χ1v) is 7.69. The summed E-state index contributed by atoms with van der Waals surface area (Å²) >= 11 is 0. The lowest BCUT2D eigenvalue weighted by Crippen LogP contribution is -2.04. The minimum absolute atomic E-state index is 0.655. The molecule has 0 bridgehead atoms. The molecule has 0 unspecified atom stereocenters. The van der Waals surface area contributed by atoms with Gasteiger partial charge in [0.2, 0.25) is 0 Å². The molecular weight excluding hydrogens is 302 g/mol. The first kappa shape index (κ1) is 14.4. The van der Waals surface area contributed by atoms with Crippen LogP contribution >= 0.6 is 0 Å². The zero-order valence-corrected chi connectivity index (χ0v) is 13.5. The van der Waals surface area contributed by atoms with E-state index in [0.717, 1.165) is 33.8 Å². The maximum absolute atomic E-state index is 4.46. The van der Waals surface area contributed by atoms with E-state index >= 15 is 0 Å². The van der Waals surface area contributed by atoms with Gasteiger partial charge in [0.1, 0.15) is 12.1 Å². The van der Waals surface area contributed by atoms with Gasteiger partial charge in [0.25, 0.3) is 0 Å². The monoisotopic (exact) mass is 319 g/mol. The van der Waals surface area contributed by atoms with Gasteiger partial charge in [0.15, 0.2) is 5.65 Å². The Morgan fingerprint density at radius 1 is 1.04 bits per heavy atom. The van der Waals surface area contributed by atoms with Crippen molar-refractivity contribution in [3.05, 3.63) is 60.3 Å². The Morgan fingerprint density at radius 3 is 2.62 bits per heavy atom. The molecule has 7 heteroatoms. The summed E-state index contributed by atoms with van der Waals surface area (Å²) in [7, 11) is 1.94. The van der Waals surface area contributed by atoms with E-state index in [4.69, 9.17) is 0 Å². The average Bonchev–Trinajstić information content (AvgIpc) is 3.19. The highest BCUT2D eigenvalue weighted by atomic mass is 15.3. The van der Waals surface area contributed by atoms with Crippen molar-refractivity contribution < 1.29 is 0 Å². The Balaban J connectivity index is 1.67. The van der Waals surface area contributed by atoms with Crippen LogP contribution < -0.4 is 5.32 Å². The fourth-order valence-electron chi connectivity index (χ4n) is 2.64. The van der Waals surface area contributed by atoms with Gasteiger partial charge in [0, 0.05) is 24.8 Å². The molecular formula is C17H17N7. The van der Waals surface area contributed by atoms with E-state index in [1.54, 1.807) is 12.5 Å². The molecule has 24 heavy (non-hydrogen) atoms. The van der Waals surface area contributed by atoms with Crippen LogP contribution in [0.25, 0.3) is 16.7 Å². The van der Waals surface area contributed by atoms with Crippen molar-refractivity contribution in [3.63, 3.8) is 0 Å². The number of fused-ring (bicyclic) bond motifs is 1. The number of para-hydroxylation sites is 1. The third kappa shape index (κ3) is 2.40. The highest BCUT2D eigenvalue weighted by Gasteiger charge is 2.11. The van der Waals surface area contributed by atoms with Crippen LogP contribution in [-0.2, 0) is 13.6 Å². The molecule has 0 amide bonds. The van der Waals surface area contributed by atoms with E-state index in [9.17, 15) is 0 Å². The largest absolute Gasteiger partial charge is 0.365 e. The molecule has 0 atom stereocenters. The van der Waals surface area contributed by atoms with Crippen molar-refractivity contribution in [3.8, 4) is 5.69 Å². The van der Waals surface area contributed by atoms with Gasteiger partial charge < -0.3 is 5.32 Å². The molecule has 4 rings (SSSR count). The Kier molecular flexibility index (Phi) is 3.45. The van der Waals surface area contributed by atoms with E-state index in [0.29, 0.717) is 6.54 Å². The summed E-state index contributed by atoms with van der Waals surface area (Å²) in [5, 5.41) is 13.0. The van der Waals surface area contributed by atoms with Crippen LogP contribution in [0.1, 0.15) is 11.3 Å². The molecule has 0 radical (unpaired) electrons. The van der Waals surface area contributed by atoms with Gasteiger partial charge >= 0.3 is 0 Å². The van der Waals surface area contributed by atoms with Crippen LogP contribution in [-0.4, -0.2) is 29.5 Å². The van der Waals surface area contributed by atoms with Crippen LogP contribution in [0.5, 0.6) is 0 Å². The Morgan fingerprint density at radius 2 is 1.88 bits per heavy atom. The van der Waals surface area contributed by atoms with Crippen molar-refractivity contribution in [2.45, 2.75) is 13.5 Å². The summed E-state index contributed by atoms with van der Waals surface area (Å²) in [6, 6.07) is 9.94. The summed E-state index contributed by atoms with van der Waals surface area (Å²) in [6.07, 6.45) is 5.22. The minimum atomic E-state index is 0.655. The number of hydrogen-bond donors (Lipinski definition) is 1. The van der Waals surface area contributed by atoms with E-state index in [1.165, 1.54) is 0 Å². The van der Waals surface area contributed by atoms with Crippen LogP contribution in [0.15, 0.2) is 49.1 Å². The quantitative estimate of drug-likeness (QED) is 0.625. The number of hydrogen-bond acceptors (Lipinski definition) is 5. The minimum Gasteiger partial charge on any atom is -0.365 e. The maximum Gasteiger partial charge on any atom is 0.168 e. The lowest BCUT2D eigenvalue weighted by molar-refractivity contribution is 0.738. The number of aromatic nitrogens is 6. The van der Waals surface area contributed by atoms with Crippen LogP contribution in [0.2, 0.25) is 0 Å².